The molecule has 0 amide bonds. The van der Waals surface area contributed by atoms with E-state index in [-0.39, 0.29) is 22.5 Å². The molecule has 2 N–H and O–H groups in total. The Hall–Kier alpha value is -1.67. The second-order valence-corrected chi connectivity index (χ2v) is 7.45. The molecule has 0 spiro atoms. The molecule has 1 aliphatic heterocycles. The van der Waals surface area contributed by atoms with E-state index in [0.29, 0.717) is 6.54 Å². The Bertz CT molecular complexity index is 659. The topological polar surface area (TPSA) is 107 Å². The molecule has 0 saturated carbocycles. The van der Waals surface area contributed by atoms with Gasteiger partial charge in [-0.05, 0) is 37.8 Å². The van der Waals surface area contributed by atoms with Crippen molar-refractivity contribution in [3.63, 3.8) is 0 Å². The van der Waals surface area contributed by atoms with Crippen molar-refractivity contribution in [2.75, 3.05) is 12.3 Å². The predicted molar refractivity (Wildman–Crippen MR) is 79.3 cm³/mol. The zero-order chi connectivity index (χ0) is 15.8. The van der Waals surface area contributed by atoms with E-state index in [9.17, 15) is 18.5 Å². The number of hydrogen-bond donors (Lipinski definition) is 1. The SMILES string of the molecule is CC1CCC(C)N(S(=O)(=O)c2cc(N)ccc2[N+](=O)[O-])C1. The van der Waals surface area contributed by atoms with Gasteiger partial charge in [-0.1, -0.05) is 6.92 Å². The number of nitro benzene ring substituents is 1. The van der Waals surface area contributed by atoms with Crippen LogP contribution in [0.1, 0.15) is 26.7 Å². The summed E-state index contributed by atoms with van der Waals surface area (Å²) in [5, 5.41) is 11.1. The molecule has 2 unspecified atom stereocenters. The summed E-state index contributed by atoms with van der Waals surface area (Å²) in [6.07, 6.45) is 1.70. The molecule has 7 nitrogen and oxygen atoms in total. The van der Waals surface area contributed by atoms with E-state index >= 15 is 0 Å². The normalized spacial score (nSPS) is 23.9. The van der Waals surface area contributed by atoms with Crippen LogP contribution in [0.3, 0.4) is 0 Å². The lowest BCUT2D eigenvalue weighted by atomic mass is 9.97. The van der Waals surface area contributed by atoms with Gasteiger partial charge in [-0.25, -0.2) is 8.42 Å². The molecule has 1 aromatic carbocycles. The first kappa shape index (κ1) is 15.7. The van der Waals surface area contributed by atoms with Gasteiger partial charge in [0.2, 0.25) is 10.0 Å². The number of anilines is 1. The van der Waals surface area contributed by atoms with Crippen LogP contribution in [-0.4, -0.2) is 30.2 Å². The van der Waals surface area contributed by atoms with Crippen molar-refractivity contribution >= 4 is 21.4 Å². The van der Waals surface area contributed by atoms with Crippen molar-refractivity contribution in [3.8, 4) is 0 Å². The van der Waals surface area contributed by atoms with Gasteiger partial charge in [0.15, 0.2) is 4.90 Å². The van der Waals surface area contributed by atoms with Crippen molar-refractivity contribution in [1.29, 1.82) is 0 Å². The van der Waals surface area contributed by atoms with E-state index in [1.807, 2.05) is 13.8 Å². The predicted octanol–water partition coefficient (Wildman–Crippen LogP) is 1.99. The Kier molecular flexibility index (Phi) is 4.20. The number of piperidine rings is 1. The van der Waals surface area contributed by atoms with Gasteiger partial charge in [-0.3, -0.25) is 10.1 Å². The first-order valence-corrected chi connectivity index (χ1v) is 8.23. The highest BCUT2D eigenvalue weighted by atomic mass is 32.2. The van der Waals surface area contributed by atoms with Crippen LogP contribution in [0.15, 0.2) is 23.1 Å². The van der Waals surface area contributed by atoms with Gasteiger partial charge >= 0.3 is 0 Å². The summed E-state index contributed by atoms with van der Waals surface area (Å²) in [6, 6.07) is 3.46. The van der Waals surface area contributed by atoms with Crippen molar-refractivity contribution in [2.45, 2.75) is 37.6 Å². The maximum Gasteiger partial charge on any atom is 0.289 e. The molecule has 8 heteroatoms. The Balaban J connectivity index is 2.53. The summed E-state index contributed by atoms with van der Waals surface area (Å²) >= 11 is 0. The number of nitro groups is 1. The Labute approximate surface area is 123 Å². The molecule has 1 saturated heterocycles. The number of nitrogen functional groups attached to an aromatic ring is 1. The van der Waals surface area contributed by atoms with Gasteiger partial charge in [0, 0.05) is 24.3 Å². The van der Waals surface area contributed by atoms with Crippen LogP contribution >= 0.6 is 0 Å². The molecule has 21 heavy (non-hydrogen) atoms. The van der Waals surface area contributed by atoms with Crippen LogP contribution in [0, 0.1) is 16.0 Å². The molecule has 0 radical (unpaired) electrons. The molecule has 2 rings (SSSR count). The van der Waals surface area contributed by atoms with Crippen LogP contribution in [0.4, 0.5) is 11.4 Å². The van der Waals surface area contributed by atoms with Crippen LogP contribution in [-0.2, 0) is 10.0 Å². The first-order valence-electron chi connectivity index (χ1n) is 6.79. The molecule has 0 aliphatic carbocycles. The molecule has 1 fully saturated rings. The van der Waals surface area contributed by atoms with Gasteiger partial charge in [-0.15, -0.1) is 0 Å². The number of benzene rings is 1. The number of nitrogens with zero attached hydrogens (tertiary/aromatic N) is 2. The highest BCUT2D eigenvalue weighted by Crippen LogP contribution is 2.33. The van der Waals surface area contributed by atoms with Crippen molar-refractivity contribution in [3.05, 3.63) is 28.3 Å². The minimum absolute atomic E-state index is 0.174. The van der Waals surface area contributed by atoms with Gasteiger partial charge in [0.05, 0.1) is 4.92 Å². The molecular weight excluding hydrogens is 294 g/mol. The van der Waals surface area contributed by atoms with E-state index in [0.717, 1.165) is 18.9 Å². The van der Waals surface area contributed by atoms with Gasteiger partial charge in [0.25, 0.3) is 5.69 Å². The molecular formula is C13H19N3O4S. The summed E-state index contributed by atoms with van der Waals surface area (Å²) in [7, 11) is -3.93. The summed E-state index contributed by atoms with van der Waals surface area (Å²) in [4.78, 5) is 10.1. The smallest absolute Gasteiger partial charge is 0.289 e. The summed E-state index contributed by atoms with van der Waals surface area (Å²) in [6.45, 7) is 4.17. The average Bonchev–Trinajstić information content (AvgIpc) is 2.41. The van der Waals surface area contributed by atoms with E-state index < -0.39 is 20.6 Å². The van der Waals surface area contributed by atoms with E-state index in [2.05, 4.69) is 0 Å². The third-order valence-corrected chi connectivity index (χ3v) is 5.84. The first-order chi connectivity index (χ1) is 9.73. The monoisotopic (exact) mass is 313 g/mol. The number of nitrogens with two attached hydrogens (primary N) is 1. The minimum atomic E-state index is -3.93. The van der Waals surface area contributed by atoms with Crippen LogP contribution in [0.2, 0.25) is 0 Å². The second-order valence-electron chi connectivity index (χ2n) is 5.59. The van der Waals surface area contributed by atoms with Gasteiger partial charge in [-0.2, -0.15) is 4.31 Å². The van der Waals surface area contributed by atoms with Gasteiger partial charge in [0.1, 0.15) is 0 Å². The third-order valence-electron chi connectivity index (χ3n) is 3.83. The Morgan fingerprint density at radius 2 is 2.00 bits per heavy atom. The highest BCUT2D eigenvalue weighted by molar-refractivity contribution is 7.89. The second kappa shape index (κ2) is 5.61. The van der Waals surface area contributed by atoms with Crippen LogP contribution in [0.5, 0.6) is 0 Å². The lowest BCUT2D eigenvalue weighted by Gasteiger charge is -2.35. The zero-order valence-corrected chi connectivity index (χ0v) is 12.8. The number of sulfonamides is 1. The molecule has 1 heterocycles. The number of hydrogen-bond acceptors (Lipinski definition) is 5. The van der Waals surface area contributed by atoms with E-state index in [1.165, 1.54) is 16.4 Å². The summed E-state index contributed by atoms with van der Waals surface area (Å²) in [5.74, 6) is 0.232. The van der Waals surface area contributed by atoms with Crippen molar-refractivity contribution in [2.24, 2.45) is 5.92 Å². The molecule has 2 atom stereocenters. The van der Waals surface area contributed by atoms with Gasteiger partial charge < -0.3 is 5.73 Å². The van der Waals surface area contributed by atoms with Crippen LogP contribution < -0.4 is 5.73 Å². The number of rotatable bonds is 3. The minimum Gasteiger partial charge on any atom is -0.399 e. The highest BCUT2D eigenvalue weighted by Gasteiger charge is 2.37. The standard InChI is InChI=1S/C13H19N3O4S/c1-9-3-4-10(2)15(8-9)21(19,20)13-7-11(14)5-6-12(13)16(17)18/h5-7,9-10H,3-4,8,14H2,1-2H3. The Morgan fingerprint density at radius 3 is 2.62 bits per heavy atom. The van der Waals surface area contributed by atoms with E-state index in [4.69, 9.17) is 5.73 Å². The fourth-order valence-electron chi connectivity index (χ4n) is 2.60. The maximum absolute atomic E-state index is 12.8. The molecule has 1 aromatic rings. The van der Waals surface area contributed by atoms with Crippen molar-refractivity contribution < 1.29 is 13.3 Å². The van der Waals surface area contributed by atoms with E-state index in [1.54, 1.807) is 0 Å². The zero-order valence-electron chi connectivity index (χ0n) is 12.0. The largest absolute Gasteiger partial charge is 0.399 e. The molecule has 1 aliphatic rings. The Morgan fingerprint density at radius 1 is 1.33 bits per heavy atom. The lowest BCUT2D eigenvalue weighted by Crippen LogP contribution is -2.44. The quantitative estimate of drug-likeness (QED) is 0.521. The fraction of sp³-hybridized carbons (Fsp3) is 0.538. The fourth-order valence-corrected chi connectivity index (χ4v) is 4.57. The third kappa shape index (κ3) is 3.01. The van der Waals surface area contributed by atoms with Crippen LogP contribution in [0.25, 0.3) is 0 Å². The average molecular weight is 313 g/mol. The van der Waals surface area contributed by atoms with Crippen molar-refractivity contribution in [1.82, 2.24) is 4.31 Å². The molecule has 116 valence electrons. The maximum atomic E-state index is 12.8. The summed E-state index contributed by atoms with van der Waals surface area (Å²) in [5.41, 5.74) is 5.37. The summed E-state index contributed by atoms with van der Waals surface area (Å²) < 4.78 is 26.9. The molecule has 0 bridgehead atoms. The lowest BCUT2D eigenvalue weighted by molar-refractivity contribution is -0.387. The molecule has 0 aromatic heterocycles.